The molecule has 23 heavy (non-hydrogen) atoms. The third kappa shape index (κ3) is 4.27. The summed E-state index contributed by atoms with van der Waals surface area (Å²) >= 11 is 0. The van der Waals surface area contributed by atoms with Gasteiger partial charge in [0.05, 0.1) is 6.61 Å². The predicted octanol–water partition coefficient (Wildman–Crippen LogP) is -1.78. The normalized spacial score (nSPS) is 27.6. The lowest BCUT2D eigenvalue weighted by atomic mass is 10.1. The van der Waals surface area contributed by atoms with Gasteiger partial charge in [-0.2, -0.15) is 4.98 Å². The molecule has 2 rings (SSSR count). The molecule has 4 N–H and O–H groups in total. The van der Waals surface area contributed by atoms with E-state index in [1.165, 1.54) is 6.20 Å². The van der Waals surface area contributed by atoms with Crippen molar-refractivity contribution in [1.29, 1.82) is 0 Å². The van der Waals surface area contributed by atoms with Gasteiger partial charge in [-0.25, -0.2) is 4.79 Å². The zero-order chi connectivity index (χ0) is 17.0. The Bertz CT molecular complexity index is 564. The van der Waals surface area contributed by atoms with Crippen molar-refractivity contribution in [2.24, 2.45) is 0 Å². The molecule has 0 bridgehead atoms. The Morgan fingerprint density at radius 3 is 2.70 bits per heavy atom. The number of aromatic nitrogens is 2. The van der Waals surface area contributed by atoms with Gasteiger partial charge >= 0.3 is 5.69 Å². The molecule has 9 nitrogen and oxygen atoms in total. The topological polar surface area (TPSA) is 120 Å². The minimum absolute atomic E-state index is 0.441. The third-order valence-corrected chi connectivity index (χ3v) is 3.71. The van der Waals surface area contributed by atoms with Crippen molar-refractivity contribution in [2.45, 2.75) is 31.0 Å². The van der Waals surface area contributed by atoms with E-state index in [1.807, 2.05) is 14.1 Å². The van der Waals surface area contributed by atoms with Crippen LogP contribution in [-0.4, -0.2) is 81.9 Å². The average molecular weight is 328 g/mol. The van der Waals surface area contributed by atoms with Crippen LogP contribution in [0.25, 0.3) is 0 Å². The summed E-state index contributed by atoms with van der Waals surface area (Å²) in [7, 11) is 3.97. The molecule has 0 aliphatic carbocycles. The summed E-state index contributed by atoms with van der Waals surface area (Å²) in [6.45, 7) is 1.16. The molecule has 0 spiro atoms. The molecule has 0 saturated carbocycles. The average Bonchev–Trinajstić information content (AvgIpc) is 2.79. The molecule has 0 amide bonds. The molecule has 1 aromatic rings. The molecule has 0 radical (unpaired) electrons. The van der Waals surface area contributed by atoms with Gasteiger partial charge in [0.1, 0.15) is 24.1 Å². The zero-order valence-corrected chi connectivity index (χ0v) is 13.3. The van der Waals surface area contributed by atoms with Crippen molar-refractivity contribution in [3.05, 3.63) is 22.7 Å². The van der Waals surface area contributed by atoms with E-state index in [0.717, 1.165) is 17.5 Å². The minimum atomic E-state index is -1.30. The summed E-state index contributed by atoms with van der Waals surface area (Å²) in [4.78, 5) is 18.0. The highest BCUT2D eigenvalue weighted by Gasteiger charge is 2.43. The summed E-state index contributed by atoms with van der Waals surface area (Å²) in [5.41, 5.74) is -0.600. The molecule has 1 fully saturated rings. The Kier molecular flexibility index (Phi) is 6.08. The zero-order valence-electron chi connectivity index (χ0n) is 13.3. The molecule has 1 aliphatic rings. The van der Waals surface area contributed by atoms with E-state index in [-0.39, 0.29) is 0 Å². The van der Waals surface area contributed by atoms with E-state index in [1.54, 1.807) is 6.07 Å². The molecule has 0 aromatic carbocycles. The Morgan fingerprint density at radius 2 is 2.13 bits per heavy atom. The van der Waals surface area contributed by atoms with E-state index in [0.29, 0.717) is 12.4 Å². The van der Waals surface area contributed by atoms with E-state index in [2.05, 4.69) is 15.2 Å². The molecular weight excluding hydrogens is 304 g/mol. The summed E-state index contributed by atoms with van der Waals surface area (Å²) < 4.78 is 6.42. The van der Waals surface area contributed by atoms with Crippen LogP contribution >= 0.6 is 0 Å². The maximum atomic E-state index is 12.1. The number of anilines is 1. The molecular formula is C14H24N4O5. The smallest absolute Gasteiger partial charge is 0.351 e. The van der Waals surface area contributed by atoms with Gasteiger partial charge in [0.2, 0.25) is 0 Å². The number of ether oxygens (including phenoxy) is 1. The van der Waals surface area contributed by atoms with Gasteiger partial charge in [0.15, 0.2) is 6.23 Å². The van der Waals surface area contributed by atoms with Crippen molar-refractivity contribution >= 4 is 5.82 Å². The van der Waals surface area contributed by atoms with Crippen LogP contribution in [0.2, 0.25) is 0 Å². The number of rotatable bonds is 7. The largest absolute Gasteiger partial charge is 0.394 e. The highest BCUT2D eigenvalue weighted by atomic mass is 16.6. The van der Waals surface area contributed by atoms with E-state index >= 15 is 0 Å². The van der Waals surface area contributed by atoms with Crippen LogP contribution < -0.4 is 11.0 Å². The van der Waals surface area contributed by atoms with E-state index in [9.17, 15) is 15.0 Å². The maximum absolute atomic E-state index is 12.1. The highest BCUT2D eigenvalue weighted by Crippen LogP contribution is 2.28. The van der Waals surface area contributed by atoms with Crippen LogP contribution in [0.1, 0.15) is 12.6 Å². The minimum Gasteiger partial charge on any atom is -0.394 e. The first-order valence-electron chi connectivity index (χ1n) is 7.54. The van der Waals surface area contributed by atoms with Crippen molar-refractivity contribution in [1.82, 2.24) is 14.5 Å². The monoisotopic (exact) mass is 328 g/mol. The van der Waals surface area contributed by atoms with Crippen molar-refractivity contribution in [3.8, 4) is 0 Å². The fraction of sp³-hybridized carbons (Fsp3) is 0.714. The highest BCUT2D eigenvalue weighted by molar-refractivity contribution is 5.31. The van der Waals surface area contributed by atoms with Gasteiger partial charge in [0.25, 0.3) is 0 Å². The Morgan fingerprint density at radius 1 is 1.39 bits per heavy atom. The van der Waals surface area contributed by atoms with Crippen LogP contribution in [0.3, 0.4) is 0 Å². The molecule has 1 aromatic heterocycles. The molecule has 4 atom stereocenters. The Balaban J connectivity index is 2.01. The van der Waals surface area contributed by atoms with Gasteiger partial charge in [-0.3, -0.25) is 4.57 Å². The van der Waals surface area contributed by atoms with Crippen LogP contribution in [0.15, 0.2) is 17.1 Å². The number of nitrogens with zero attached hydrogens (tertiary/aromatic N) is 3. The Hall–Kier alpha value is -1.52. The predicted molar refractivity (Wildman–Crippen MR) is 83.2 cm³/mol. The van der Waals surface area contributed by atoms with Crippen LogP contribution in [0, 0.1) is 0 Å². The number of nitrogens with one attached hydrogen (secondary N) is 1. The fourth-order valence-electron chi connectivity index (χ4n) is 2.43. The Labute approximate surface area is 134 Å². The number of aliphatic hydroxyl groups is 3. The second kappa shape index (κ2) is 7.84. The summed E-state index contributed by atoms with van der Waals surface area (Å²) in [5.74, 6) is 0.441. The lowest BCUT2D eigenvalue weighted by molar-refractivity contribution is -0.0549. The first kappa shape index (κ1) is 17.8. The second-order valence-electron chi connectivity index (χ2n) is 5.82. The number of aliphatic hydroxyl groups excluding tert-OH is 3. The molecule has 1 aliphatic heterocycles. The van der Waals surface area contributed by atoms with Gasteiger partial charge in [-0.15, -0.1) is 0 Å². The molecule has 2 heterocycles. The van der Waals surface area contributed by atoms with Gasteiger partial charge < -0.3 is 30.3 Å². The van der Waals surface area contributed by atoms with Crippen LogP contribution in [0.5, 0.6) is 0 Å². The fourth-order valence-corrected chi connectivity index (χ4v) is 2.43. The quantitative estimate of drug-likeness (QED) is 0.434. The molecule has 1 saturated heterocycles. The number of hydrogen-bond donors (Lipinski definition) is 4. The lowest BCUT2D eigenvalue weighted by Crippen LogP contribution is -2.36. The first-order chi connectivity index (χ1) is 10.9. The third-order valence-electron chi connectivity index (χ3n) is 3.71. The molecule has 9 heteroatoms. The summed E-state index contributed by atoms with van der Waals surface area (Å²) in [5, 5.41) is 31.8. The standard InChI is InChI=1S/C14H24N4O5/c1-17(2)6-3-5-15-10-4-7-18(14(22)16-10)13-12(21)11(20)9(8-19)23-13/h4,7,9,11-13,19-21H,3,5-6,8H2,1-2H3,(H,15,16,22). The molecule has 4 unspecified atom stereocenters. The second-order valence-corrected chi connectivity index (χ2v) is 5.82. The molecule has 130 valence electrons. The number of hydrogen-bond acceptors (Lipinski definition) is 8. The van der Waals surface area contributed by atoms with E-state index in [4.69, 9.17) is 9.84 Å². The van der Waals surface area contributed by atoms with Gasteiger partial charge in [-0.05, 0) is 33.1 Å². The van der Waals surface area contributed by atoms with Crippen molar-refractivity contribution in [3.63, 3.8) is 0 Å². The van der Waals surface area contributed by atoms with Crippen molar-refractivity contribution in [2.75, 3.05) is 39.1 Å². The lowest BCUT2D eigenvalue weighted by Gasteiger charge is -2.17. The van der Waals surface area contributed by atoms with Gasteiger partial charge in [-0.1, -0.05) is 0 Å². The first-order valence-corrected chi connectivity index (χ1v) is 7.54. The summed E-state index contributed by atoms with van der Waals surface area (Å²) in [6, 6.07) is 1.60. The van der Waals surface area contributed by atoms with Crippen molar-refractivity contribution < 1.29 is 20.1 Å². The SMILES string of the molecule is CN(C)CCCNc1ccn(C2OC(CO)C(O)C2O)c(=O)n1. The maximum Gasteiger partial charge on any atom is 0.351 e. The van der Waals surface area contributed by atoms with E-state index < -0.39 is 36.8 Å². The van der Waals surface area contributed by atoms with Gasteiger partial charge in [0, 0.05) is 12.7 Å². The van der Waals surface area contributed by atoms with Crippen LogP contribution in [-0.2, 0) is 4.74 Å². The summed E-state index contributed by atoms with van der Waals surface area (Å²) in [6.07, 6.45) is -2.18. The van der Waals surface area contributed by atoms with Crippen LogP contribution in [0.4, 0.5) is 5.82 Å².